The van der Waals surface area contributed by atoms with Crippen molar-refractivity contribution in [2.24, 2.45) is 0 Å². The molecule has 0 aromatic heterocycles. The molecule has 0 aliphatic rings. The Morgan fingerprint density at radius 1 is 1.00 bits per heavy atom. The Labute approximate surface area is 152 Å². The Bertz CT molecular complexity index is 645. The van der Waals surface area contributed by atoms with Crippen molar-refractivity contribution < 1.29 is 10.2 Å². The number of aliphatic hydroxyl groups excluding tert-OH is 1. The van der Waals surface area contributed by atoms with Crippen LogP contribution in [0.15, 0.2) is 71.9 Å². The molecule has 0 aliphatic carbocycles. The lowest BCUT2D eigenvalue weighted by molar-refractivity contribution is 0.0836. The van der Waals surface area contributed by atoms with E-state index in [2.05, 4.69) is 61.2 Å². The van der Waals surface area contributed by atoms with E-state index in [9.17, 15) is 10.2 Å². The molecule has 0 spiro atoms. The van der Waals surface area contributed by atoms with Gasteiger partial charge in [0.15, 0.2) is 0 Å². The van der Waals surface area contributed by atoms with E-state index in [4.69, 9.17) is 0 Å². The Kier molecular flexibility index (Phi) is 6.39. The van der Waals surface area contributed by atoms with E-state index in [-0.39, 0.29) is 0 Å². The molecule has 0 bridgehead atoms. The van der Waals surface area contributed by atoms with Crippen molar-refractivity contribution in [2.75, 3.05) is 0 Å². The van der Waals surface area contributed by atoms with Gasteiger partial charge in [-0.3, -0.25) is 0 Å². The highest BCUT2D eigenvalue weighted by Gasteiger charge is 2.36. The van der Waals surface area contributed by atoms with Crippen molar-refractivity contribution in [2.45, 2.75) is 51.9 Å². The molecule has 134 valence electrons. The summed E-state index contributed by atoms with van der Waals surface area (Å²) >= 11 is 0. The van der Waals surface area contributed by atoms with Crippen LogP contribution in [-0.4, -0.2) is 30.0 Å². The van der Waals surface area contributed by atoms with E-state index in [1.54, 1.807) is 0 Å². The first-order valence-electron chi connectivity index (χ1n) is 8.94. The molecule has 0 saturated heterocycles. The van der Waals surface area contributed by atoms with Gasteiger partial charge in [-0.2, -0.15) is 0 Å². The summed E-state index contributed by atoms with van der Waals surface area (Å²) in [4.78, 5) is 0. The molecule has 2 aromatic carbocycles. The second-order valence-electron chi connectivity index (χ2n) is 7.66. The van der Waals surface area contributed by atoms with Gasteiger partial charge in [0.2, 0.25) is 0 Å². The molecule has 2 aromatic rings. The highest BCUT2D eigenvalue weighted by atomic mass is 28.3. The van der Waals surface area contributed by atoms with Crippen molar-refractivity contribution in [1.29, 1.82) is 0 Å². The van der Waals surface area contributed by atoms with Crippen LogP contribution in [-0.2, 0) is 0 Å². The summed E-state index contributed by atoms with van der Waals surface area (Å²) in [6.45, 7) is 7.83. The van der Waals surface area contributed by atoms with Crippen LogP contribution in [0.4, 0.5) is 0 Å². The quantitative estimate of drug-likeness (QED) is 0.749. The molecule has 3 heteroatoms. The Balaban J connectivity index is 2.62. The molecular weight excluding hydrogens is 324 g/mol. The summed E-state index contributed by atoms with van der Waals surface area (Å²) in [5.41, 5.74) is -0.757. The predicted molar refractivity (Wildman–Crippen MR) is 109 cm³/mol. The molecule has 2 nitrogen and oxygen atoms in total. The van der Waals surface area contributed by atoms with Gasteiger partial charge in [0.25, 0.3) is 0 Å². The minimum atomic E-state index is -2.20. The lowest BCUT2D eigenvalue weighted by Gasteiger charge is -2.33. The van der Waals surface area contributed by atoms with E-state index in [0.29, 0.717) is 12.8 Å². The van der Waals surface area contributed by atoms with E-state index in [0.717, 1.165) is 0 Å². The fourth-order valence-electron chi connectivity index (χ4n) is 3.26. The first kappa shape index (κ1) is 19.6. The predicted octanol–water partition coefficient (Wildman–Crippen LogP) is 3.28. The van der Waals surface area contributed by atoms with Crippen LogP contribution in [0, 0.1) is 0 Å². The molecule has 0 radical (unpaired) electrons. The van der Waals surface area contributed by atoms with Crippen LogP contribution in [0.5, 0.6) is 0 Å². The summed E-state index contributed by atoms with van der Waals surface area (Å²) in [5.74, 6) is 0. The lowest BCUT2D eigenvalue weighted by Crippen LogP contribution is -2.58. The molecule has 1 unspecified atom stereocenters. The largest absolute Gasteiger partial charge is 0.393 e. The fourth-order valence-corrected chi connectivity index (χ4v) is 7.27. The highest BCUT2D eigenvalue weighted by molar-refractivity contribution is 7.06. The normalized spacial score (nSPS) is 14.4. The molecule has 2 N–H and O–H groups in total. The smallest absolute Gasteiger partial charge is 0.141 e. The maximum absolute atomic E-state index is 10.2. The molecule has 0 amide bonds. The monoisotopic (exact) mass is 354 g/mol. The molecule has 0 fully saturated rings. The van der Waals surface area contributed by atoms with Gasteiger partial charge in [-0.1, -0.05) is 78.5 Å². The summed E-state index contributed by atoms with van der Waals surface area (Å²) < 4.78 is 0. The molecule has 0 saturated carbocycles. The van der Waals surface area contributed by atoms with E-state index in [1.807, 2.05) is 32.9 Å². The maximum Gasteiger partial charge on any atom is 0.141 e. The molecule has 1 atom stereocenters. The van der Waals surface area contributed by atoms with Crippen molar-refractivity contribution in [3.8, 4) is 0 Å². The minimum absolute atomic E-state index is 0.410. The average molecular weight is 355 g/mol. The average Bonchev–Trinajstić information content (AvgIpc) is 2.58. The second-order valence-corrected chi connectivity index (χ2v) is 11.7. The molecule has 0 aliphatic heterocycles. The Morgan fingerprint density at radius 2 is 1.44 bits per heavy atom. The van der Waals surface area contributed by atoms with Crippen LogP contribution in [0.2, 0.25) is 6.55 Å². The van der Waals surface area contributed by atoms with Crippen LogP contribution in [0.3, 0.4) is 0 Å². The van der Waals surface area contributed by atoms with Crippen LogP contribution >= 0.6 is 0 Å². The number of hydrogen-bond donors (Lipinski definition) is 2. The van der Waals surface area contributed by atoms with Gasteiger partial charge < -0.3 is 10.2 Å². The van der Waals surface area contributed by atoms with Crippen LogP contribution in [0.1, 0.15) is 33.6 Å². The van der Waals surface area contributed by atoms with Crippen molar-refractivity contribution >= 4 is 18.4 Å². The van der Waals surface area contributed by atoms with Crippen LogP contribution in [0.25, 0.3) is 0 Å². The van der Waals surface area contributed by atoms with Gasteiger partial charge in [-0.05, 0) is 44.0 Å². The Hall–Kier alpha value is -1.68. The standard InChI is InChI=1S/C22H30O2Si/c1-18(23)17-21(15-16-22(2,3)24)25(4,19-11-7-5-8-12-19)20-13-9-6-10-14-20/h5-15,18,23-24H,16-17H2,1-4H3/b21-15+. The zero-order valence-corrected chi connectivity index (χ0v) is 16.7. The highest BCUT2D eigenvalue weighted by Crippen LogP contribution is 2.23. The van der Waals surface area contributed by atoms with Gasteiger partial charge in [-0.15, -0.1) is 0 Å². The van der Waals surface area contributed by atoms with Gasteiger partial charge in [0, 0.05) is 0 Å². The van der Waals surface area contributed by atoms with Crippen molar-refractivity contribution in [3.63, 3.8) is 0 Å². The van der Waals surface area contributed by atoms with Crippen molar-refractivity contribution in [1.82, 2.24) is 0 Å². The summed E-state index contributed by atoms with van der Waals surface area (Å²) in [7, 11) is -2.20. The van der Waals surface area contributed by atoms with E-state index < -0.39 is 19.8 Å². The van der Waals surface area contributed by atoms with Gasteiger partial charge in [0.1, 0.15) is 8.07 Å². The second kappa shape index (κ2) is 8.13. The fraction of sp³-hybridized carbons (Fsp3) is 0.364. The molecule has 25 heavy (non-hydrogen) atoms. The molecular formula is C22H30O2Si. The summed E-state index contributed by atoms with van der Waals surface area (Å²) in [6.07, 6.45) is 2.96. The first-order valence-corrected chi connectivity index (χ1v) is 11.4. The summed E-state index contributed by atoms with van der Waals surface area (Å²) in [6, 6.07) is 21.2. The third-order valence-electron chi connectivity index (χ3n) is 4.71. The number of hydrogen-bond acceptors (Lipinski definition) is 2. The molecule has 0 heterocycles. The van der Waals surface area contributed by atoms with E-state index >= 15 is 0 Å². The first-order chi connectivity index (χ1) is 11.7. The zero-order chi connectivity index (χ0) is 18.5. The van der Waals surface area contributed by atoms with Gasteiger partial charge >= 0.3 is 0 Å². The molecule has 2 rings (SSSR count). The summed E-state index contributed by atoms with van der Waals surface area (Å²) in [5, 5.41) is 24.3. The van der Waals surface area contributed by atoms with Crippen LogP contribution < -0.4 is 10.4 Å². The maximum atomic E-state index is 10.2. The minimum Gasteiger partial charge on any atom is -0.393 e. The third kappa shape index (κ3) is 5.14. The van der Waals surface area contributed by atoms with Gasteiger partial charge in [-0.25, -0.2) is 0 Å². The van der Waals surface area contributed by atoms with Gasteiger partial charge in [0.05, 0.1) is 11.7 Å². The number of aliphatic hydroxyl groups is 2. The number of benzene rings is 2. The SMILES string of the molecule is CC(O)C/C(=C\CC(C)(C)O)[Si](C)(c1ccccc1)c1ccccc1. The topological polar surface area (TPSA) is 40.5 Å². The Morgan fingerprint density at radius 3 is 1.80 bits per heavy atom. The zero-order valence-electron chi connectivity index (χ0n) is 15.7. The number of rotatable bonds is 7. The van der Waals surface area contributed by atoms with Crippen molar-refractivity contribution in [3.05, 3.63) is 71.9 Å². The third-order valence-corrected chi connectivity index (χ3v) is 9.38. The lowest BCUT2D eigenvalue weighted by atomic mass is 10.0. The van der Waals surface area contributed by atoms with E-state index in [1.165, 1.54) is 15.6 Å².